The summed E-state index contributed by atoms with van der Waals surface area (Å²) in [6.07, 6.45) is 2.50. The van der Waals surface area contributed by atoms with Crippen molar-refractivity contribution in [2.24, 2.45) is 0 Å². The highest BCUT2D eigenvalue weighted by molar-refractivity contribution is 6.08. The monoisotopic (exact) mass is 489 g/mol. The van der Waals surface area contributed by atoms with Crippen molar-refractivity contribution in [1.82, 2.24) is 19.7 Å². The van der Waals surface area contributed by atoms with Crippen molar-refractivity contribution in [1.29, 1.82) is 5.26 Å². The second-order valence-corrected chi connectivity index (χ2v) is 9.68. The zero-order chi connectivity index (χ0) is 25.6. The number of amides is 2. The van der Waals surface area contributed by atoms with Crippen LogP contribution in [0.3, 0.4) is 0 Å². The number of pyridine rings is 1. The first-order valence-corrected chi connectivity index (χ1v) is 11.6. The molecule has 36 heavy (non-hydrogen) atoms. The zero-order valence-corrected chi connectivity index (χ0v) is 20.1. The number of nitriles is 1. The fraction of sp³-hybridized carbons (Fsp3) is 0.346. The molecule has 3 aromatic rings. The Kier molecular flexibility index (Phi) is 5.80. The molecule has 5 rings (SSSR count). The van der Waals surface area contributed by atoms with Crippen molar-refractivity contribution in [3.63, 3.8) is 0 Å². The number of rotatable bonds is 3. The first kappa shape index (κ1) is 23.6. The third-order valence-corrected chi connectivity index (χ3v) is 5.96. The van der Waals surface area contributed by atoms with Gasteiger partial charge in [-0.25, -0.2) is 23.8 Å². The molecule has 2 aromatic heterocycles. The highest BCUT2D eigenvalue weighted by Crippen LogP contribution is 2.35. The van der Waals surface area contributed by atoms with Crippen LogP contribution < -0.4 is 0 Å². The summed E-state index contributed by atoms with van der Waals surface area (Å²) < 4.78 is 27.5. The minimum atomic E-state index is -0.805. The van der Waals surface area contributed by atoms with E-state index in [9.17, 15) is 19.2 Å². The van der Waals surface area contributed by atoms with E-state index >= 15 is 0 Å². The second-order valence-electron chi connectivity index (χ2n) is 9.68. The van der Waals surface area contributed by atoms with Crippen molar-refractivity contribution in [2.45, 2.75) is 51.9 Å². The number of imide groups is 1. The van der Waals surface area contributed by atoms with Gasteiger partial charge in [0.1, 0.15) is 17.5 Å². The molecule has 0 saturated carbocycles. The van der Waals surface area contributed by atoms with Crippen molar-refractivity contribution in [3.05, 3.63) is 64.9 Å². The van der Waals surface area contributed by atoms with Gasteiger partial charge in [-0.15, -0.1) is 0 Å². The van der Waals surface area contributed by atoms with E-state index in [1.807, 2.05) is 6.07 Å². The van der Waals surface area contributed by atoms with Crippen LogP contribution in [0, 0.1) is 17.1 Å². The normalized spacial score (nSPS) is 17.2. The summed E-state index contributed by atoms with van der Waals surface area (Å²) in [5.74, 6) is -1.21. The van der Waals surface area contributed by atoms with Gasteiger partial charge in [0.15, 0.2) is 0 Å². The molecule has 2 aliphatic rings. The van der Waals surface area contributed by atoms with Gasteiger partial charge in [0.25, 0.3) is 5.91 Å². The van der Waals surface area contributed by atoms with Crippen molar-refractivity contribution < 1.29 is 23.5 Å². The molecule has 9 nitrogen and oxygen atoms in total. The molecule has 0 bridgehead atoms. The number of hydrogen-bond donors (Lipinski definition) is 0. The lowest BCUT2D eigenvalue weighted by molar-refractivity contribution is 0.0247. The molecule has 1 unspecified atom stereocenters. The minimum absolute atomic E-state index is 0.0127. The molecule has 0 radical (unpaired) electrons. The number of benzene rings is 1. The summed E-state index contributed by atoms with van der Waals surface area (Å²) in [7, 11) is 0. The first-order valence-electron chi connectivity index (χ1n) is 11.6. The van der Waals surface area contributed by atoms with E-state index in [0.29, 0.717) is 18.0 Å². The van der Waals surface area contributed by atoms with Crippen LogP contribution in [0.1, 0.15) is 67.0 Å². The van der Waals surface area contributed by atoms with Crippen LogP contribution in [0.15, 0.2) is 36.5 Å². The van der Waals surface area contributed by atoms with Gasteiger partial charge in [0, 0.05) is 12.8 Å². The van der Waals surface area contributed by atoms with E-state index in [1.165, 1.54) is 28.9 Å². The lowest BCUT2D eigenvalue weighted by Crippen LogP contribution is -2.37. The lowest BCUT2D eigenvalue weighted by atomic mass is 10.0. The number of halogens is 1. The van der Waals surface area contributed by atoms with Crippen molar-refractivity contribution in [3.8, 4) is 23.0 Å². The Bertz CT molecular complexity index is 1410. The summed E-state index contributed by atoms with van der Waals surface area (Å²) in [6.45, 7) is 5.62. The standard InChI is InChI=1S/C26H24FN5O4/c1-26(2,3)36-25(34)31-14-19-23(24(31)33)20(32-10-9-17(30-32)21-8-5-11-35-21)12-18(29-19)22-15(13-28)6-4-7-16(22)27/h4,6-7,9-10,12,21H,5,8,11,14H2,1-3H3. The summed E-state index contributed by atoms with van der Waals surface area (Å²) >= 11 is 0. The molecule has 0 N–H and O–H groups in total. The molecule has 184 valence electrons. The average molecular weight is 490 g/mol. The zero-order valence-electron chi connectivity index (χ0n) is 20.1. The van der Waals surface area contributed by atoms with E-state index in [2.05, 4.69) is 10.1 Å². The van der Waals surface area contributed by atoms with E-state index in [4.69, 9.17) is 9.47 Å². The molecule has 10 heteroatoms. The van der Waals surface area contributed by atoms with Gasteiger partial charge >= 0.3 is 6.09 Å². The third-order valence-electron chi connectivity index (χ3n) is 5.96. The summed E-state index contributed by atoms with van der Waals surface area (Å²) in [6, 6.07) is 9.49. The smallest absolute Gasteiger partial charge is 0.417 e. The van der Waals surface area contributed by atoms with Crippen LogP contribution in [-0.4, -0.2) is 43.9 Å². The maximum absolute atomic E-state index is 14.9. The highest BCUT2D eigenvalue weighted by Gasteiger charge is 2.39. The predicted molar refractivity (Wildman–Crippen MR) is 126 cm³/mol. The van der Waals surface area contributed by atoms with Gasteiger partial charge in [-0.2, -0.15) is 10.4 Å². The molecule has 1 saturated heterocycles. The molecule has 1 fully saturated rings. The number of hydrogen-bond acceptors (Lipinski definition) is 7. The maximum Gasteiger partial charge on any atom is 0.417 e. The Morgan fingerprint density at radius 1 is 1.28 bits per heavy atom. The van der Waals surface area contributed by atoms with Gasteiger partial charge < -0.3 is 9.47 Å². The number of ether oxygens (including phenoxy) is 2. The van der Waals surface area contributed by atoms with E-state index in [-0.39, 0.29) is 40.7 Å². The van der Waals surface area contributed by atoms with Gasteiger partial charge in [0.2, 0.25) is 0 Å². The number of carbonyl (C=O) groups excluding carboxylic acids is 2. The molecule has 0 spiro atoms. The van der Waals surface area contributed by atoms with Crippen LogP contribution in [0.25, 0.3) is 16.9 Å². The quantitative estimate of drug-likeness (QED) is 0.525. The molecular formula is C26H24FN5O4. The molecule has 1 atom stereocenters. The van der Waals surface area contributed by atoms with Crippen molar-refractivity contribution in [2.75, 3.05) is 6.61 Å². The first-order chi connectivity index (χ1) is 17.2. The lowest BCUT2D eigenvalue weighted by Gasteiger charge is -2.23. The van der Waals surface area contributed by atoms with E-state index in [0.717, 1.165) is 17.7 Å². The van der Waals surface area contributed by atoms with Gasteiger partial charge in [-0.1, -0.05) is 6.07 Å². The Morgan fingerprint density at radius 2 is 2.08 bits per heavy atom. The highest BCUT2D eigenvalue weighted by atomic mass is 19.1. The molecule has 2 aliphatic heterocycles. The molecule has 0 aliphatic carbocycles. The number of aromatic nitrogens is 3. The maximum atomic E-state index is 14.9. The number of nitrogens with zero attached hydrogens (tertiary/aromatic N) is 5. The van der Waals surface area contributed by atoms with Crippen LogP contribution in [0.5, 0.6) is 0 Å². The van der Waals surface area contributed by atoms with Gasteiger partial charge in [-0.3, -0.25) is 4.79 Å². The van der Waals surface area contributed by atoms with E-state index in [1.54, 1.807) is 33.0 Å². The van der Waals surface area contributed by atoms with E-state index < -0.39 is 23.4 Å². The van der Waals surface area contributed by atoms with Crippen molar-refractivity contribution >= 4 is 12.0 Å². The molecule has 1 aromatic carbocycles. The van der Waals surface area contributed by atoms with Crippen LogP contribution >= 0.6 is 0 Å². The predicted octanol–water partition coefficient (Wildman–Crippen LogP) is 4.69. The Hall–Kier alpha value is -4.10. The SMILES string of the molecule is CC(C)(C)OC(=O)N1Cc2nc(-c3c(F)cccc3C#N)cc(-n3ccc(C4CCCO4)n3)c2C1=O. The molecule has 4 heterocycles. The van der Waals surface area contributed by atoms with Gasteiger partial charge in [0.05, 0.1) is 52.1 Å². The molecule has 2 amide bonds. The summed E-state index contributed by atoms with van der Waals surface area (Å²) in [5, 5.41) is 14.2. The second kappa shape index (κ2) is 8.84. The minimum Gasteiger partial charge on any atom is -0.443 e. The molecular weight excluding hydrogens is 465 g/mol. The third kappa shape index (κ3) is 4.22. The number of fused-ring (bicyclic) bond motifs is 1. The number of carbonyl (C=O) groups is 2. The summed E-state index contributed by atoms with van der Waals surface area (Å²) in [5.41, 5.74) is 0.925. The van der Waals surface area contributed by atoms with Crippen LogP contribution in [-0.2, 0) is 16.0 Å². The average Bonchev–Trinajstić information content (AvgIpc) is 3.57. The largest absolute Gasteiger partial charge is 0.443 e. The summed E-state index contributed by atoms with van der Waals surface area (Å²) in [4.78, 5) is 31.7. The van der Waals surface area contributed by atoms with Crippen LogP contribution in [0.4, 0.5) is 9.18 Å². The fourth-order valence-corrected chi connectivity index (χ4v) is 4.39. The fourth-order valence-electron chi connectivity index (χ4n) is 4.39. The Balaban J connectivity index is 1.65. The van der Waals surface area contributed by atoms with Gasteiger partial charge in [-0.05, 0) is 57.9 Å². The topological polar surface area (TPSA) is 110 Å². The van der Waals surface area contributed by atoms with Crippen LogP contribution in [0.2, 0.25) is 0 Å². The Morgan fingerprint density at radius 3 is 2.78 bits per heavy atom. The Labute approximate surface area is 207 Å².